The van der Waals surface area contributed by atoms with Crippen LogP contribution in [-0.2, 0) is 6.54 Å². The Kier molecular flexibility index (Phi) is 3.15. The Morgan fingerprint density at radius 1 is 1.71 bits per heavy atom. The molecule has 1 fully saturated rings. The van der Waals surface area contributed by atoms with Crippen LogP contribution in [0.5, 0.6) is 0 Å². The standard InChI is InChI=1S/C10H17N3S/c1-8-7-14-10(12-8)6-13-4-2-3-9(11)5-13/h7,9H,2-6,11H2,1H3/t9-/m0/s1. The van der Waals surface area contributed by atoms with Gasteiger partial charge in [-0.05, 0) is 26.3 Å². The zero-order chi connectivity index (χ0) is 9.97. The molecule has 2 heterocycles. The molecule has 1 atom stereocenters. The maximum atomic E-state index is 5.93. The van der Waals surface area contributed by atoms with Crippen molar-refractivity contribution in [2.24, 2.45) is 5.73 Å². The van der Waals surface area contributed by atoms with Crippen LogP contribution in [0.4, 0.5) is 0 Å². The molecule has 14 heavy (non-hydrogen) atoms. The molecule has 0 spiro atoms. The highest BCUT2D eigenvalue weighted by Gasteiger charge is 2.17. The minimum Gasteiger partial charge on any atom is -0.327 e. The third kappa shape index (κ3) is 2.53. The average Bonchev–Trinajstić information content (AvgIpc) is 2.51. The van der Waals surface area contributed by atoms with Gasteiger partial charge in [-0.15, -0.1) is 11.3 Å². The molecule has 1 aromatic rings. The van der Waals surface area contributed by atoms with Gasteiger partial charge in [-0.25, -0.2) is 4.98 Å². The summed E-state index contributed by atoms with van der Waals surface area (Å²) in [6.07, 6.45) is 2.40. The van der Waals surface area contributed by atoms with Gasteiger partial charge in [0, 0.05) is 23.7 Å². The number of hydrogen-bond donors (Lipinski definition) is 1. The van der Waals surface area contributed by atoms with Crippen LogP contribution in [0.3, 0.4) is 0 Å². The van der Waals surface area contributed by atoms with Crippen LogP contribution < -0.4 is 5.73 Å². The molecule has 2 N–H and O–H groups in total. The molecule has 1 aromatic heterocycles. The fraction of sp³-hybridized carbons (Fsp3) is 0.700. The second-order valence-electron chi connectivity index (χ2n) is 4.02. The van der Waals surface area contributed by atoms with E-state index in [1.54, 1.807) is 11.3 Å². The minimum atomic E-state index is 0.366. The Labute approximate surface area is 88.9 Å². The number of aryl methyl sites for hydroxylation is 1. The summed E-state index contributed by atoms with van der Waals surface area (Å²) in [4.78, 5) is 6.88. The highest BCUT2D eigenvalue weighted by atomic mass is 32.1. The van der Waals surface area contributed by atoms with Crippen LogP contribution >= 0.6 is 11.3 Å². The third-order valence-corrected chi connectivity index (χ3v) is 3.52. The second kappa shape index (κ2) is 4.38. The molecule has 3 nitrogen and oxygen atoms in total. The highest BCUT2D eigenvalue weighted by molar-refractivity contribution is 7.09. The zero-order valence-corrected chi connectivity index (χ0v) is 9.39. The second-order valence-corrected chi connectivity index (χ2v) is 4.96. The lowest BCUT2D eigenvalue weighted by molar-refractivity contribution is 0.201. The van der Waals surface area contributed by atoms with E-state index in [2.05, 4.69) is 15.3 Å². The summed E-state index contributed by atoms with van der Waals surface area (Å²) < 4.78 is 0. The van der Waals surface area contributed by atoms with Crippen molar-refractivity contribution < 1.29 is 0 Å². The van der Waals surface area contributed by atoms with E-state index in [1.807, 2.05) is 6.92 Å². The normalized spacial score (nSPS) is 24.0. The van der Waals surface area contributed by atoms with Gasteiger partial charge in [-0.1, -0.05) is 0 Å². The van der Waals surface area contributed by atoms with Gasteiger partial charge in [0.2, 0.25) is 0 Å². The molecule has 4 heteroatoms. The first-order valence-corrected chi connectivity index (χ1v) is 6.01. The Balaban J connectivity index is 1.90. The molecule has 2 rings (SSSR count). The molecule has 1 aliphatic rings. The number of rotatable bonds is 2. The lowest BCUT2D eigenvalue weighted by atomic mass is 10.1. The van der Waals surface area contributed by atoms with Crippen LogP contribution in [0.15, 0.2) is 5.38 Å². The summed E-state index contributed by atoms with van der Waals surface area (Å²) in [7, 11) is 0. The first-order valence-electron chi connectivity index (χ1n) is 5.13. The predicted molar refractivity (Wildman–Crippen MR) is 59.3 cm³/mol. The van der Waals surface area contributed by atoms with Crippen molar-refractivity contribution in [3.8, 4) is 0 Å². The van der Waals surface area contributed by atoms with E-state index in [4.69, 9.17) is 5.73 Å². The van der Waals surface area contributed by atoms with Crippen molar-refractivity contribution in [1.82, 2.24) is 9.88 Å². The quantitative estimate of drug-likeness (QED) is 0.803. The van der Waals surface area contributed by atoms with E-state index >= 15 is 0 Å². The molecule has 0 amide bonds. The smallest absolute Gasteiger partial charge is 0.107 e. The van der Waals surface area contributed by atoms with Crippen LogP contribution in [0.1, 0.15) is 23.5 Å². The molecular formula is C10H17N3S. The van der Waals surface area contributed by atoms with Crippen molar-refractivity contribution >= 4 is 11.3 Å². The molecule has 0 aromatic carbocycles. The predicted octanol–water partition coefficient (Wildman–Crippen LogP) is 1.37. The monoisotopic (exact) mass is 211 g/mol. The fourth-order valence-electron chi connectivity index (χ4n) is 1.90. The summed E-state index contributed by atoms with van der Waals surface area (Å²) >= 11 is 1.75. The largest absolute Gasteiger partial charge is 0.327 e. The van der Waals surface area contributed by atoms with Gasteiger partial charge in [0.25, 0.3) is 0 Å². The zero-order valence-electron chi connectivity index (χ0n) is 8.57. The lowest BCUT2D eigenvalue weighted by Gasteiger charge is -2.29. The van der Waals surface area contributed by atoms with Crippen molar-refractivity contribution in [3.05, 3.63) is 16.1 Å². The maximum Gasteiger partial charge on any atom is 0.107 e. The van der Waals surface area contributed by atoms with Crippen molar-refractivity contribution in [3.63, 3.8) is 0 Å². The lowest BCUT2D eigenvalue weighted by Crippen LogP contribution is -2.42. The van der Waals surface area contributed by atoms with E-state index in [0.29, 0.717) is 6.04 Å². The number of nitrogens with two attached hydrogens (primary N) is 1. The molecule has 0 bridgehead atoms. The van der Waals surface area contributed by atoms with E-state index in [1.165, 1.54) is 24.4 Å². The van der Waals surface area contributed by atoms with E-state index < -0.39 is 0 Å². The summed E-state index contributed by atoms with van der Waals surface area (Å²) in [5.74, 6) is 0. The molecule has 1 saturated heterocycles. The number of piperidine rings is 1. The van der Waals surface area contributed by atoms with Gasteiger partial charge < -0.3 is 5.73 Å². The maximum absolute atomic E-state index is 5.93. The number of thiazole rings is 1. The number of nitrogens with zero attached hydrogens (tertiary/aromatic N) is 2. The molecule has 1 aliphatic heterocycles. The third-order valence-electron chi connectivity index (χ3n) is 2.57. The molecule has 0 saturated carbocycles. The molecular weight excluding hydrogens is 194 g/mol. The van der Waals surface area contributed by atoms with Gasteiger partial charge in [0.05, 0.1) is 6.54 Å². The summed E-state index contributed by atoms with van der Waals surface area (Å²) in [6, 6.07) is 0.366. The van der Waals surface area contributed by atoms with E-state index in [9.17, 15) is 0 Å². The van der Waals surface area contributed by atoms with Crippen LogP contribution in [0.2, 0.25) is 0 Å². The Morgan fingerprint density at radius 2 is 2.57 bits per heavy atom. The van der Waals surface area contributed by atoms with Gasteiger partial charge in [0.15, 0.2) is 0 Å². The van der Waals surface area contributed by atoms with Crippen molar-refractivity contribution in [2.75, 3.05) is 13.1 Å². The van der Waals surface area contributed by atoms with E-state index in [-0.39, 0.29) is 0 Å². The first-order chi connectivity index (χ1) is 6.74. The SMILES string of the molecule is Cc1csc(CN2CCC[C@H](N)C2)n1. The van der Waals surface area contributed by atoms with Gasteiger partial charge in [-0.3, -0.25) is 4.90 Å². The first kappa shape index (κ1) is 10.1. The molecule has 78 valence electrons. The van der Waals surface area contributed by atoms with Crippen molar-refractivity contribution in [1.29, 1.82) is 0 Å². The minimum absolute atomic E-state index is 0.366. The molecule has 0 aliphatic carbocycles. The van der Waals surface area contributed by atoms with Crippen LogP contribution in [-0.4, -0.2) is 29.0 Å². The summed E-state index contributed by atoms with van der Waals surface area (Å²) in [5.41, 5.74) is 7.06. The summed E-state index contributed by atoms with van der Waals surface area (Å²) in [5, 5.41) is 3.33. The Bertz CT molecular complexity index is 297. The van der Waals surface area contributed by atoms with Gasteiger partial charge >= 0.3 is 0 Å². The highest BCUT2D eigenvalue weighted by Crippen LogP contribution is 2.15. The number of hydrogen-bond acceptors (Lipinski definition) is 4. The van der Waals surface area contributed by atoms with Crippen LogP contribution in [0.25, 0.3) is 0 Å². The average molecular weight is 211 g/mol. The van der Waals surface area contributed by atoms with Crippen molar-refractivity contribution in [2.45, 2.75) is 32.4 Å². The fourth-order valence-corrected chi connectivity index (χ4v) is 2.71. The van der Waals surface area contributed by atoms with Gasteiger partial charge in [-0.2, -0.15) is 0 Å². The Morgan fingerprint density at radius 3 is 3.21 bits per heavy atom. The van der Waals surface area contributed by atoms with Crippen LogP contribution in [0, 0.1) is 6.92 Å². The topological polar surface area (TPSA) is 42.1 Å². The van der Waals surface area contributed by atoms with Gasteiger partial charge in [0.1, 0.15) is 5.01 Å². The Hall–Kier alpha value is -0.450. The molecule has 0 radical (unpaired) electrons. The molecule has 0 unspecified atom stereocenters. The number of likely N-dealkylation sites (tertiary alicyclic amines) is 1. The summed E-state index contributed by atoms with van der Waals surface area (Å²) in [6.45, 7) is 5.22. The number of aromatic nitrogens is 1. The van der Waals surface area contributed by atoms with E-state index in [0.717, 1.165) is 18.8 Å².